The molecule has 0 bridgehead atoms. The number of carboxylic acids is 1. The summed E-state index contributed by atoms with van der Waals surface area (Å²) in [6.45, 7) is 2.54. The molecule has 3 heteroatoms. The second-order valence-corrected chi connectivity index (χ2v) is 3.34. The van der Waals surface area contributed by atoms with Gasteiger partial charge >= 0.3 is 5.97 Å². The lowest BCUT2D eigenvalue weighted by Crippen LogP contribution is -2.36. The molecule has 0 radical (unpaired) electrons. The van der Waals surface area contributed by atoms with Crippen LogP contribution in [0.25, 0.3) is 0 Å². The Bertz CT molecular complexity index is 195. The Hall–Kier alpha value is -0.830. The maximum Gasteiger partial charge on any atom is 0.328 e. The van der Waals surface area contributed by atoms with Gasteiger partial charge in [0.1, 0.15) is 0 Å². The molecule has 68 valence electrons. The minimum atomic E-state index is -0.858. The molecule has 12 heavy (non-hydrogen) atoms. The third kappa shape index (κ3) is 3.05. The molecule has 0 aromatic carbocycles. The lowest BCUT2D eigenvalue weighted by molar-refractivity contribution is -0.131. The lowest BCUT2D eigenvalue weighted by atomic mass is 9.93. The summed E-state index contributed by atoms with van der Waals surface area (Å²) in [7, 11) is 0. The summed E-state index contributed by atoms with van der Waals surface area (Å²) in [5, 5.41) is 11.7. The van der Waals surface area contributed by atoms with E-state index in [1.165, 1.54) is 25.3 Å². The predicted octanol–water partition coefficient (Wildman–Crippen LogP) is 1.16. The van der Waals surface area contributed by atoms with Gasteiger partial charge in [0.15, 0.2) is 0 Å². The summed E-state index contributed by atoms with van der Waals surface area (Å²) in [6.07, 6.45) is 5.03. The van der Waals surface area contributed by atoms with Crippen LogP contribution in [0.5, 0.6) is 0 Å². The molecule has 3 nitrogen and oxygen atoms in total. The van der Waals surface area contributed by atoms with E-state index in [1.807, 2.05) is 6.92 Å². The zero-order valence-electron chi connectivity index (χ0n) is 7.34. The molecule has 1 saturated carbocycles. The first kappa shape index (κ1) is 9.26. The molecule has 1 fully saturated rings. The molecule has 1 aliphatic rings. The minimum Gasteiger partial charge on any atom is -0.478 e. The van der Waals surface area contributed by atoms with E-state index in [2.05, 4.69) is 5.32 Å². The molecule has 0 amide bonds. The maximum atomic E-state index is 10.2. The van der Waals surface area contributed by atoms with Crippen molar-refractivity contribution in [1.82, 2.24) is 5.32 Å². The number of hydrogen-bond donors (Lipinski definition) is 2. The van der Waals surface area contributed by atoms with Gasteiger partial charge in [-0.15, -0.1) is 0 Å². The Morgan fingerprint density at radius 3 is 2.75 bits per heavy atom. The van der Waals surface area contributed by atoms with Gasteiger partial charge in [-0.05, 0) is 19.8 Å². The minimum absolute atomic E-state index is 0.627. The Balaban J connectivity index is 2.16. The molecule has 0 spiro atoms. The fourth-order valence-corrected chi connectivity index (χ4v) is 1.18. The van der Waals surface area contributed by atoms with Gasteiger partial charge in [0.2, 0.25) is 0 Å². The molecule has 0 aromatic heterocycles. The molecule has 0 unspecified atom stereocenters. The van der Waals surface area contributed by atoms with Gasteiger partial charge in [-0.3, -0.25) is 0 Å². The summed E-state index contributed by atoms with van der Waals surface area (Å²) in [5.74, 6) is -0.858. The van der Waals surface area contributed by atoms with E-state index < -0.39 is 5.97 Å². The average Bonchev–Trinajstić information content (AvgIpc) is 1.81. The van der Waals surface area contributed by atoms with Crippen molar-refractivity contribution in [3.05, 3.63) is 11.6 Å². The maximum absolute atomic E-state index is 10.2. The lowest BCUT2D eigenvalue weighted by Gasteiger charge is -2.26. The zero-order valence-corrected chi connectivity index (χ0v) is 7.34. The van der Waals surface area contributed by atoms with E-state index in [0.29, 0.717) is 12.6 Å². The number of hydrogen-bond acceptors (Lipinski definition) is 2. The van der Waals surface area contributed by atoms with Gasteiger partial charge in [0.05, 0.1) is 0 Å². The Morgan fingerprint density at radius 2 is 2.33 bits per heavy atom. The first-order chi connectivity index (χ1) is 5.68. The van der Waals surface area contributed by atoms with Crippen molar-refractivity contribution in [2.45, 2.75) is 32.2 Å². The highest BCUT2D eigenvalue weighted by atomic mass is 16.4. The Labute approximate surface area is 72.5 Å². The summed E-state index contributed by atoms with van der Waals surface area (Å²) >= 11 is 0. The summed E-state index contributed by atoms with van der Waals surface area (Å²) in [4.78, 5) is 10.2. The van der Waals surface area contributed by atoms with Gasteiger partial charge < -0.3 is 10.4 Å². The number of carbonyl (C=O) groups is 1. The van der Waals surface area contributed by atoms with Gasteiger partial charge in [-0.2, -0.15) is 0 Å². The third-order valence-corrected chi connectivity index (χ3v) is 2.14. The van der Waals surface area contributed by atoms with Crippen molar-refractivity contribution in [3.8, 4) is 0 Å². The highest BCUT2D eigenvalue weighted by molar-refractivity contribution is 5.80. The van der Waals surface area contributed by atoms with Crippen LogP contribution in [0.2, 0.25) is 0 Å². The van der Waals surface area contributed by atoms with E-state index >= 15 is 0 Å². The van der Waals surface area contributed by atoms with Crippen LogP contribution in [0, 0.1) is 0 Å². The second kappa shape index (κ2) is 4.26. The van der Waals surface area contributed by atoms with Crippen LogP contribution in [0.3, 0.4) is 0 Å². The number of nitrogens with one attached hydrogen (secondary N) is 1. The molecule has 0 atom stereocenters. The van der Waals surface area contributed by atoms with Crippen molar-refractivity contribution < 1.29 is 9.90 Å². The first-order valence-corrected chi connectivity index (χ1v) is 4.32. The quantitative estimate of drug-likeness (QED) is 0.621. The molecule has 0 heterocycles. The van der Waals surface area contributed by atoms with E-state index in [-0.39, 0.29) is 0 Å². The van der Waals surface area contributed by atoms with E-state index in [9.17, 15) is 4.79 Å². The Morgan fingerprint density at radius 1 is 1.67 bits per heavy atom. The number of rotatable bonds is 4. The Kier molecular flexibility index (Phi) is 3.29. The van der Waals surface area contributed by atoms with Crippen molar-refractivity contribution in [3.63, 3.8) is 0 Å². The summed E-state index contributed by atoms with van der Waals surface area (Å²) in [6, 6.07) is 0.627. The topological polar surface area (TPSA) is 49.3 Å². The van der Waals surface area contributed by atoms with Gasteiger partial charge in [-0.25, -0.2) is 4.79 Å². The molecule has 2 N–H and O–H groups in total. The molecule has 1 rings (SSSR count). The van der Waals surface area contributed by atoms with E-state index in [4.69, 9.17) is 5.11 Å². The van der Waals surface area contributed by atoms with Crippen LogP contribution < -0.4 is 5.32 Å². The highest BCUT2D eigenvalue weighted by Gasteiger charge is 2.15. The predicted molar refractivity (Wildman–Crippen MR) is 47.0 cm³/mol. The van der Waals surface area contributed by atoms with Crippen LogP contribution in [0.1, 0.15) is 26.2 Å². The van der Waals surface area contributed by atoms with Gasteiger partial charge in [-0.1, -0.05) is 12.0 Å². The smallest absolute Gasteiger partial charge is 0.328 e. The van der Waals surface area contributed by atoms with Crippen molar-refractivity contribution in [1.29, 1.82) is 0 Å². The molecule has 0 aliphatic heterocycles. The molecule has 0 aromatic rings. The van der Waals surface area contributed by atoms with Crippen molar-refractivity contribution in [2.24, 2.45) is 0 Å². The van der Waals surface area contributed by atoms with Crippen LogP contribution in [0.15, 0.2) is 11.6 Å². The van der Waals surface area contributed by atoms with E-state index in [0.717, 1.165) is 5.57 Å². The van der Waals surface area contributed by atoms with E-state index in [1.54, 1.807) is 0 Å². The van der Waals surface area contributed by atoms with Gasteiger partial charge in [0.25, 0.3) is 0 Å². The first-order valence-electron chi connectivity index (χ1n) is 4.32. The normalized spacial score (nSPS) is 18.9. The average molecular weight is 169 g/mol. The molecular formula is C9H15NO2. The van der Waals surface area contributed by atoms with Crippen LogP contribution in [-0.2, 0) is 4.79 Å². The molecular weight excluding hydrogens is 154 g/mol. The fourth-order valence-electron chi connectivity index (χ4n) is 1.18. The zero-order chi connectivity index (χ0) is 8.97. The summed E-state index contributed by atoms with van der Waals surface area (Å²) < 4.78 is 0. The molecule has 1 aliphatic carbocycles. The van der Waals surface area contributed by atoms with Crippen LogP contribution >= 0.6 is 0 Å². The van der Waals surface area contributed by atoms with Crippen molar-refractivity contribution in [2.75, 3.05) is 6.54 Å². The fraction of sp³-hybridized carbons (Fsp3) is 0.667. The van der Waals surface area contributed by atoms with Gasteiger partial charge in [0, 0.05) is 18.7 Å². The largest absolute Gasteiger partial charge is 0.478 e. The van der Waals surface area contributed by atoms with Crippen LogP contribution in [-0.4, -0.2) is 23.7 Å². The summed E-state index contributed by atoms with van der Waals surface area (Å²) in [5.41, 5.74) is 0.884. The van der Waals surface area contributed by atoms with Crippen molar-refractivity contribution >= 4 is 5.97 Å². The second-order valence-electron chi connectivity index (χ2n) is 3.34. The SMILES string of the molecule is CC(=CC(=O)O)CNC1CCC1. The van der Waals surface area contributed by atoms with Crippen LogP contribution in [0.4, 0.5) is 0 Å². The monoisotopic (exact) mass is 169 g/mol. The number of carboxylic acid groups (broad SMARTS) is 1. The molecule has 0 saturated heterocycles. The number of aliphatic carboxylic acids is 1. The standard InChI is InChI=1S/C9H15NO2/c1-7(5-9(11)12)6-10-8-3-2-4-8/h5,8,10H,2-4,6H2,1H3,(H,11,12). The highest BCUT2D eigenvalue weighted by Crippen LogP contribution is 2.17. The third-order valence-electron chi connectivity index (χ3n) is 2.14.